The van der Waals surface area contributed by atoms with Gasteiger partial charge in [0.15, 0.2) is 0 Å². The van der Waals surface area contributed by atoms with E-state index in [2.05, 4.69) is 10.0 Å². The SMILES string of the molecule is Cc1cc([C@@H](O)CN=[N+]=[N-])cs1. The molecule has 0 saturated heterocycles. The van der Waals surface area contributed by atoms with Crippen LogP contribution >= 0.6 is 11.3 Å². The molecular weight excluding hydrogens is 174 g/mol. The summed E-state index contributed by atoms with van der Waals surface area (Å²) >= 11 is 1.57. The van der Waals surface area contributed by atoms with Crippen LogP contribution in [0.2, 0.25) is 0 Å². The predicted octanol–water partition coefficient (Wildman–Crippen LogP) is 2.40. The quantitative estimate of drug-likeness (QED) is 0.436. The van der Waals surface area contributed by atoms with Crippen molar-refractivity contribution >= 4 is 11.3 Å². The third-order valence-electron chi connectivity index (χ3n) is 1.45. The van der Waals surface area contributed by atoms with E-state index in [-0.39, 0.29) is 6.54 Å². The first-order valence-corrected chi connectivity index (χ1v) is 4.36. The molecular formula is C7H9N3OS. The molecule has 0 amide bonds. The lowest BCUT2D eigenvalue weighted by Crippen LogP contribution is -1.98. The van der Waals surface area contributed by atoms with Crippen LogP contribution in [0.25, 0.3) is 10.4 Å². The van der Waals surface area contributed by atoms with Gasteiger partial charge in [-0.3, -0.25) is 0 Å². The maximum atomic E-state index is 9.41. The number of azide groups is 1. The second-order valence-electron chi connectivity index (χ2n) is 2.42. The fourth-order valence-electron chi connectivity index (χ4n) is 0.858. The fourth-order valence-corrected chi connectivity index (χ4v) is 1.61. The molecule has 0 fully saturated rings. The van der Waals surface area contributed by atoms with Gasteiger partial charge in [0.2, 0.25) is 0 Å². The van der Waals surface area contributed by atoms with Gasteiger partial charge in [-0.05, 0) is 29.5 Å². The van der Waals surface area contributed by atoms with Gasteiger partial charge in [-0.15, -0.1) is 11.3 Å². The van der Waals surface area contributed by atoms with Crippen molar-refractivity contribution in [3.05, 3.63) is 32.3 Å². The van der Waals surface area contributed by atoms with Crippen LogP contribution in [0, 0.1) is 6.92 Å². The molecule has 0 saturated carbocycles. The largest absolute Gasteiger partial charge is 0.388 e. The van der Waals surface area contributed by atoms with Gasteiger partial charge in [-0.25, -0.2) is 0 Å². The Labute approximate surface area is 74.1 Å². The van der Waals surface area contributed by atoms with Gasteiger partial charge in [0.1, 0.15) is 0 Å². The second-order valence-corrected chi connectivity index (χ2v) is 3.54. The van der Waals surface area contributed by atoms with E-state index in [1.165, 1.54) is 0 Å². The van der Waals surface area contributed by atoms with Gasteiger partial charge in [0, 0.05) is 9.79 Å². The normalized spacial score (nSPS) is 12.2. The first kappa shape index (κ1) is 9.06. The third kappa shape index (κ3) is 2.23. The van der Waals surface area contributed by atoms with E-state index in [4.69, 9.17) is 5.53 Å². The molecule has 0 unspecified atom stereocenters. The molecule has 0 bridgehead atoms. The summed E-state index contributed by atoms with van der Waals surface area (Å²) in [5.41, 5.74) is 8.84. The van der Waals surface area contributed by atoms with Crippen molar-refractivity contribution in [3.8, 4) is 0 Å². The van der Waals surface area contributed by atoms with Crippen LogP contribution in [-0.2, 0) is 0 Å². The standard InChI is InChI=1S/C7H9N3OS/c1-5-2-6(4-12-5)7(11)3-9-10-8/h2,4,7,11H,3H2,1H3/t7-/m0/s1. The van der Waals surface area contributed by atoms with Gasteiger partial charge in [0.05, 0.1) is 12.6 Å². The monoisotopic (exact) mass is 183 g/mol. The molecule has 0 aliphatic heterocycles. The van der Waals surface area contributed by atoms with Gasteiger partial charge in [-0.2, -0.15) is 0 Å². The van der Waals surface area contributed by atoms with E-state index in [9.17, 15) is 5.11 Å². The Morgan fingerprint density at radius 3 is 3.08 bits per heavy atom. The van der Waals surface area contributed by atoms with Crippen LogP contribution in [-0.4, -0.2) is 11.7 Å². The molecule has 4 nitrogen and oxygen atoms in total. The number of hydrogen-bond donors (Lipinski definition) is 1. The Morgan fingerprint density at radius 1 is 1.83 bits per heavy atom. The number of hydrogen-bond acceptors (Lipinski definition) is 3. The highest BCUT2D eigenvalue weighted by molar-refractivity contribution is 7.10. The molecule has 1 aromatic heterocycles. The summed E-state index contributed by atoms with van der Waals surface area (Å²) in [6.07, 6.45) is -0.661. The highest BCUT2D eigenvalue weighted by Gasteiger charge is 2.06. The van der Waals surface area contributed by atoms with Crippen molar-refractivity contribution in [2.75, 3.05) is 6.54 Å². The van der Waals surface area contributed by atoms with Crippen LogP contribution in [0.15, 0.2) is 16.6 Å². The zero-order valence-electron chi connectivity index (χ0n) is 6.64. The molecule has 0 aliphatic rings. The van der Waals surface area contributed by atoms with Crippen molar-refractivity contribution in [3.63, 3.8) is 0 Å². The summed E-state index contributed by atoms with van der Waals surface area (Å²) in [5, 5.41) is 14.6. The van der Waals surface area contributed by atoms with E-state index in [1.54, 1.807) is 11.3 Å². The summed E-state index contributed by atoms with van der Waals surface area (Å²) < 4.78 is 0. The van der Waals surface area contributed by atoms with E-state index in [0.29, 0.717) is 0 Å². The first-order chi connectivity index (χ1) is 5.74. The maximum absolute atomic E-state index is 9.41. The van der Waals surface area contributed by atoms with E-state index < -0.39 is 6.10 Å². The molecule has 1 aromatic rings. The lowest BCUT2D eigenvalue weighted by atomic mass is 10.2. The molecule has 1 rings (SSSR count). The minimum Gasteiger partial charge on any atom is -0.388 e. The zero-order chi connectivity index (χ0) is 8.97. The van der Waals surface area contributed by atoms with E-state index in [1.807, 2.05) is 18.4 Å². The Balaban J connectivity index is 2.64. The fraction of sp³-hybridized carbons (Fsp3) is 0.429. The van der Waals surface area contributed by atoms with Gasteiger partial charge in [0.25, 0.3) is 0 Å². The molecule has 1 atom stereocenters. The second kappa shape index (κ2) is 4.11. The van der Waals surface area contributed by atoms with Crippen molar-refractivity contribution < 1.29 is 5.11 Å². The summed E-state index contributed by atoms with van der Waals surface area (Å²) in [4.78, 5) is 3.72. The van der Waals surface area contributed by atoms with Crippen LogP contribution in [0.3, 0.4) is 0 Å². The average Bonchev–Trinajstić information content (AvgIpc) is 2.47. The number of rotatable bonds is 3. The lowest BCUT2D eigenvalue weighted by molar-refractivity contribution is 0.187. The Hall–Kier alpha value is -1.03. The number of aliphatic hydroxyl groups excluding tert-OH is 1. The predicted molar refractivity (Wildman–Crippen MR) is 48.0 cm³/mol. The summed E-state index contributed by atoms with van der Waals surface area (Å²) in [7, 11) is 0. The lowest BCUT2D eigenvalue weighted by Gasteiger charge is -2.02. The van der Waals surface area contributed by atoms with Crippen molar-refractivity contribution in [2.45, 2.75) is 13.0 Å². The van der Waals surface area contributed by atoms with Gasteiger partial charge in [-0.1, -0.05) is 5.11 Å². The van der Waals surface area contributed by atoms with Crippen molar-refractivity contribution in [1.29, 1.82) is 0 Å². The highest BCUT2D eigenvalue weighted by atomic mass is 32.1. The molecule has 5 heteroatoms. The highest BCUT2D eigenvalue weighted by Crippen LogP contribution is 2.20. The minimum absolute atomic E-state index is 0.104. The summed E-state index contributed by atoms with van der Waals surface area (Å²) in [6, 6.07) is 1.89. The van der Waals surface area contributed by atoms with Crippen molar-refractivity contribution in [2.24, 2.45) is 5.11 Å². The summed E-state index contributed by atoms with van der Waals surface area (Å²) in [5.74, 6) is 0. The zero-order valence-corrected chi connectivity index (χ0v) is 7.45. The molecule has 0 aromatic carbocycles. The smallest absolute Gasteiger partial charge is 0.0854 e. The first-order valence-electron chi connectivity index (χ1n) is 3.48. The molecule has 64 valence electrons. The number of thiophene rings is 1. The summed E-state index contributed by atoms with van der Waals surface area (Å²) in [6.45, 7) is 2.07. The van der Waals surface area contributed by atoms with Crippen LogP contribution in [0.4, 0.5) is 0 Å². The van der Waals surface area contributed by atoms with Gasteiger partial charge < -0.3 is 5.11 Å². The van der Waals surface area contributed by atoms with E-state index >= 15 is 0 Å². The Kier molecular flexibility index (Phi) is 3.10. The number of aryl methyl sites for hydroxylation is 1. The molecule has 0 spiro atoms. The molecule has 0 radical (unpaired) electrons. The topological polar surface area (TPSA) is 69.0 Å². The van der Waals surface area contributed by atoms with Crippen molar-refractivity contribution in [1.82, 2.24) is 0 Å². The number of nitrogens with zero attached hydrogens (tertiary/aromatic N) is 3. The minimum atomic E-state index is -0.661. The average molecular weight is 183 g/mol. The molecule has 1 N–H and O–H groups in total. The van der Waals surface area contributed by atoms with Gasteiger partial charge >= 0.3 is 0 Å². The van der Waals surface area contributed by atoms with E-state index in [0.717, 1.165) is 10.4 Å². The Bertz CT molecular complexity index is 303. The maximum Gasteiger partial charge on any atom is 0.0854 e. The molecule has 1 heterocycles. The van der Waals surface area contributed by atoms with Crippen LogP contribution in [0.5, 0.6) is 0 Å². The molecule has 0 aliphatic carbocycles. The van der Waals surface area contributed by atoms with Crippen LogP contribution in [0.1, 0.15) is 16.5 Å². The molecule has 12 heavy (non-hydrogen) atoms. The third-order valence-corrected chi connectivity index (χ3v) is 2.33. The Morgan fingerprint density at radius 2 is 2.58 bits per heavy atom. The number of aliphatic hydroxyl groups is 1. The van der Waals surface area contributed by atoms with Crippen LogP contribution < -0.4 is 0 Å².